The van der Waals surface area contributed by atoms with Gasteiger partial charge in [-0.2, -0.15) is 4.31 Å². The lowest BCUT2D eigenvalue weighted by atomic mass is 10.2. The first-order valence-corrected chi connectivity index (χ1v) is 8.27. The molecule has 20 heavy (non-hydrogen) atoms. The Morgan fingerprint density at radius 1 is 1.30 bits per heavy atom. The molecule has 0 aliphatic heterocycles. The molecule has 0 aromatic heterocycles. The van der Waals surface area contributed by atoms with Gasteiger partial charge in [-0.3, -0.25) is 0 Å². The second kappa shape index (κ2) is 6.40. The Balaban J connectivity index is 2.38. The summed E-state index contributed by atoms with van der Waals surface area (Å²) in [5, 5.41) is 0. The second-order valence-corrected chi connectivity index (χ2v) is 6.93. The van der Waals surface area contributed by atoms with Crippen molar-refractivity contribution in [1.29, 1.82) is 0 Å². The van der Waals surface area contributed by atoms with Gasteiger partial charge in [0.1, 0.15) is 0 Å². The fourth-order valence-corrected chi connectivity index (χ4v) is 4.12. The highest BCUT2D eigenvalue weighted by Crippen LogP contribution is 2.28. The molecule has 0 amide bonds. The fraction of sp³-hybridized carbons (Fsp3) is 0.467. The van der Waals surface area contributed by atoms with E-state index in [9.17, 15) is 8.42 Å². The molecule has 1 saturated carbocycles. The Kier molecular flexibility index (Phi) is 4.81. The number of rotatable bonds is 3. The summed E-state index contributed by atoms with van der Waals surface area (Å²) in [6.07, 6.45) is 4.07. The standard InChI is InChI=1S/C15H20N2O2S/c1-17(14-9-3-4-10-14)20(18,19)15-11-5-2-7-13(15)8-6-12-16/h2,5,7,11,14H,3-4,9-10,12,16H2,1H3. The number of nitrogens with two attached hydrogens (primary N) is 1. The van der Waals surface area contributed by atoms with Gasteiger partial charge in [0, 0.05) is 18.7 Å². The lowest BCUT2D eigenvalue weighted by Gasteiger charge is -2.24. The van der Waals surface area contributed by atoms with Crippen LogP contribution in [0.5, 0.6) is 0 Å². The molecular formula is C15H20N2O2S. The maximum Gasteiger partial charge on any atom is 0.244 e. The lowest BCUT2D eigenvalue weighted by molar-refractivity contribution is 0.373. The van der Waals surface area contributed by atoms with Crippen LogP contribution in [0.15, 0.2) is 29.2 Å². The number of nitrogens with zero attached hydrogens (tertiary/aromatic N) is 1. The SMILES string of the molecule is CN(C1CCCC1)S(=O)(=O)c1ccccc1C#CCN. The third-order valence-corrected chi connectivity index (χ3v) is 5.68. The summed E-state index contributed by atoms with van der Waals surface area (Å²) in [6.45, 7) is 0.215. The van der Waals surface area contributed by atoms with Crippen LogP contribution in [0.1, 0.15) is 31.2 Å². The molecule has 1 aromatic rings. The van der Waals surface area contributed by atoms with Crippen molar-refractivity contribution >= 4 is 10.0 Å². The zero-order valence-corrected chi connectivity index (χ0v) is 12.5. The van der Waals surface area contributed by atoms with Gasteiger partial charge in [0.05, 0.1) is 11.4 Å². The maximum absolute atomic E-state index is 12.7. The monoisotopic (exact) mass is 292 g/mol. The van der Waals surface area contributed by atoms with Gasteiger partial charge in [0.25, 0.3) is 0 Å². The van der Waals surface area contributed by atoms with E-state index in [4.69, 9.17) is 5.73 Å². The van der Waals surface area contributed by atoms with Gasteiger partial charge in [0.15, 0.2) is 0 Å². The highest BCUT2D eigenvalue weighted by Gasteiger charge is 2.31. The van der Waals surface area contributed by atoms with E-state index in [1.807, 2.05) is 0 Å². The third kappa shape index (κ3) is 3.04. The Labute approximate surface area is 121 Å². The third-order valence-electron chi connectivity index (χ3n) is 3.71. The van der Waals surface area contributed by atoms with Crippen LogP contribution >= 0.6 is 0 Å². The van der Waals surface area contributed by atoms with E-state index in [-0.39, 0.29) is 17.5 Å². The van der Waals surface area contributed by atoms with E-state index in [0.717, 1.165) is 25.7 Å². The Morgan fingerprint density at radius 3 is 2.60 bits per heavy atom. The molecule has 1 fully saturated rings. The highest BCUT2D eigenvalue weighted by molar-refractivity contribution is 7.89. The molecule has 0 unspecified atom stereocenters. The minimum atomic E-state index is -3.49. The highest BCUT2D eigenvalue weighted by atomic mass is 32.2. The summed E-state index contributed by atoms with van der Waals surface area (Å²) >= 11 is 0. The van der Waals surface area contributed by atoms with Crippen LogP contribution < -0.4 is 5.73 Å². The Hall–Kier alpha value is -1.35. The van der Waals surface area contributed by atoms with Crippen molar-refractivity contribution in [3.63, 3.8) is 0 Å². The van der Waals surface area contributed by atoms with Crippen LogP contribution in [0.2, 0.25) is 0 Å². The van der Waals surface area contributed by atoms with Crippen LogP contribution in [0, 0.1) is 11.8 Å². The molecule has 2 N–H and O–H groups in total. The van der Waals surface area contributed by atoms with Crippen LogP contribution in [-0.2, 0) is 10.0 Å². The molecule has 5 heteroatoms. The smallest absolute Gasteiger partial charge is 0.244 e. The van der Waals surface area contributed by atoms with Gasteiger partial charge < -0.3 is 5.73 Å². The first-order valence-electron chi connectivity index (χ1n) is 6.83. The lowest BCUT2D eigenvalue weighted by Crippen LogP contribution is -2.35. The minimum absolute atomic E-state index is 0.107. The molecule has 1 aliphatic rings. The molecule has 0 heterocycles. The van der Waals surface area contributed by atoms with E-state index in [1.54, 1.807) is 31.3 Å². The van der Waals surface area contributed by atoms with Gasteiger partial charge >= 0.3 is 0 Å². The van der Waals surface area contributed by atoms with Gasteiger partial charge in [0.2, 0.25) is 10.0 Å². The van der Waals surface area contributed by atoms with Gasteiger partial charge in [-0.1, -0.05) is 36.8 Å². The Bertz CT molecular complexity index is 623. The summed E-state index contributed by atoms with van der Waals surface area (Å²) in [6, 6.07) is 6.95. The predicted octanol–water partition coefficient (Wildman–Crippen LogP) is 1.56. The van der Waals surface area contributed by atoms with Crippen molar-refractivity contribution in [2.45, 2.75) is 36.6 Å². The summed E-state index contributed by atoms with van der Waals surface area (Å²) in [5.41, 5.74) is 5.88. The predicted molar refractivity (Wildman–Crippen MR) is 79.6 cm³/mol. The van der Waals surface area contributed by atoms with Crippen molar-refractivity contribution in [3.05, 3.63) is 29.8 Å². The number of hydrogen-bond donors (Lipinski definition) is 1. The van der Waals surface area contributed by atoms with Gasteiger partial charge in [-0.25, -0.2) is 8.42 Å². The minimum Gasteiger partial charge on any atom is -0.320 e. The molecule has 108 valence electrons. The average molecular weight is 292 g/mol. The fourth-order valence-electron chi connectivity index (χ4n) is 2.56. The van der Waals surface area contributed by atoms with Crippen molar-refractivity contribution in [2.24, 2.45) is 5.73 Å². The molecule has 1 aromatic carbocycles. The molecule has 0 saturated heterocycles. The first kappa shape index (κ1) is 15.0. The molecule has 0 atom stereocenters. The zero-order chi connectivity index (χ0) is 14.6. The first-order chi connectivity index (χ1) is 9.57. The average Bonchev–Trinajstić information content (AvgIpc) is 2.98. The quantitative estimate of drug-likeness (QED) is 0.860. The van der Waals surface area contributed by atoms with Crippen LogP contribution in [0.4, 0.5) is 0 Å². The molecule has 4 nitrogen and oxygen atoms in total. The Morgan fingerprint density at radius 2 is 1.95 bits per heavy atom. The van der Waals surface area contributed by atoms with Crippen LogP contribution in [-0.4, -0.2) is 32.4 Å². The largest absolute Gasteiger partial charge is 0.320 e. The molecular weight excluding hydrogens is 272 g/mol. The molecule has 1 aliphatic carbocycles. The normalized spacial score (nSPS) is 16.1. The van der Waals surface area contributed by atoms with Gasteiger partial charge in [-0.05, 0) is 25.0 Å². The van der Waals surface area contributed by atoms with Crippen molar-refractivity contribution in [3.8, 4) is 11.8 Å². The van der Waals surface area contributed by atoms with E-state index in [0.29, 0.717) is 5.56 Å². The summed E-state index contributed by atoms with van der Waals surface area (Å²) in [7, 11) is -1.83. The molecule has 0 spiro atoms. The topological polar surface area (TPSA) is 63.4 Å². The molecule has 0 bridgehead atoms. The van der Waals surface area contributed by atoms with Crippen LogP contribution in [0.3, 0.4) is 0 Å². The van der Waals surface area contributed by atoms with Crippen molar-refractivity contribution in [1.82, 2.24) is 4.31 Å². The zero-order valence-electron chi connectivity index (χ0n) is 11.7. The van der Waals surface area contributed by atoms with Crippen molar-refractivity contribution < 1.29 is 8.42 Å². The second-order valence-electron chi connectivity index (χ2n) is 4.96. The van der Waals surface area contributed by atoms with E-state index in [2.05, 4.69) is 11.8 Å². The molecule has 2 rings (SSSR count). The number of hydrogen-bond acceptors (Lipinski definition) is 3. The van der Waals surface area contributed by atoms with Gasteiger partial charge in [-0.15, -0.1) is 0 Å². The van der Waals surface area contributed by atoms with E-state index in [1.165, 1.54) is 4.31 Å². The summed E-state index contributed by atoms with van der Waals surface area (Å²) in [5.74, 6) is 5.56. The van der Waals surface area contributed by atoms with Crippen molar-refractivity contribution in [2.75, 3.05) is 13.6 Å². The number of benzene rings is 1. The summed E-state index contributed by atoms with van der Waals surface area (Å²) < 4.78 is 27.0. The number of sulfonamides is 1. The van der Waals surface area contributed by atoms with E-state index >= 15 is 0 Å². The van der Waals surface area contributed by atoms with Crippen LogP contribution in [0.25, 0.3) is 0 Å². The maximum atomic E-state index is 12.7. The molecule has 0 radical (unpaired) electrons. The summed E-state index contributed by atoms with van der Waals surface area (Å²) in [4.78, 5) is 0.273. The van der Waals surface area contributed by atoms with E-state index < -0.39 is 10.0 Å².